The number of aliphatic imine (C=N–C) groups is 1. The Kier molecular flexibility index (Phi) is 9.14. The van der Waals surface area contributed by atoms with E-state index in [0.29, 0.717) is 19.8 Å². The Hall–Kier alpha value is -3.34. The third-order valence-electron chi connectivity index (χ3n) is 8.79. The Morgan fingerprint density at radius 1 is 0.889 bits per heavy atom. The predicted molar refractivity (Wildman–Crippen MR) is 181 cm³/mol. The Morgan fingerprint density at radius 2 is 1.69 bits per heavy atom. The molecular weight excluding hydrogens is 582 g/mol. The molecule has 1 aliphatic carbocycles. The largest absolute Gasteiger partial charge is 0.462 e. The molecule has 0 radical (unpaired) electrons. The zero-order chi connectivity index (χ0) is 30.6. The van der Waals surface area contributed by atoms with Gasteiger partial charge in [-0.2, -0.15) is 0 Å². The summed E-state index contributed by atoms with van der Waals surface area (Å²) >= 11 is 1.81. The first kappa shape index (κ1) is 30.3. The van der Waals surface area contributed by atoms with Crippen LogP contribution < -0.4 is 4.74 Å². The summed E-state index contributed by atoms with van der Waals surface area (Å²) < 4.78 is 18.8. The van der Waals surface area contributed by atoms with Gasteiger partial charge in [0.25, 0.3) is 0 Å². The number of piperazine rings is 1. The molecule has 3 heterocycles. The van der Waals surface area contributed by atoms with Gasteiger partial charge in [-0.1, -0.05) is 48.2 Å². The van der Waals surface area contributed by atoms with Crippen molar-refractivity contribution in [2.24, 2.45) is 4.99 Å². The minimum absolute atomic E-state index is 0.525. The van der Waals surface area contributed by atoms with Crippen LogP contribution in [0.5, 0.6) is 5.75 Å². The molecule has 1 saturated heterocycles. The zero-order valence-electron chi connectivity index (χ0n) is 26.3. The maximum atomic E-state index is 6.51. The van der Waals surface area contributed by atoms with E-state index in [1.54, 1.807) is 0 Å². The van der Waals surface area contributed by atoms with Crippen LogP contribution in [-0.4, -0.2) is 104 Å². The molecule has 1 aromatic heterocycles. The minimum Gasteiger partial charge on any atom is -0.462 e. The number of likely N-dealkylation sites (N-methyl/N-ethyl adjacent to an activating group) is 1. The lowest BCUT2D eigenvalue weighted by Gasteiger charge is -2.36. The molecule has 3 aliphatic rings. The molecule has 0 unspecified atom stereocenters. The number of H-pyrrole nitrogens is 1. The van der Waals surface area contributed by atoms with Crippen molar-refractivity contribution < 1.29 is 14.2 Å². The van der Waals surface area contributed by atoms with Crippen molar-refractivity contribution in [2.45, 2.75) is 34.8 Å². The van der Waals surface area contributed by atoms with Crippen LogP contribution in [0.2, 0.25) is 0 Å². The smallest absolute Gasteiger partial charge is 0.211 e. The molecule has 0 spiro atoms. The number of hydrogen-bond donors (Lipinski definition) is 1. The topological polar surface area (TPSA) is 65.6 Å². The zero-order valence-corrected chi connectivity index (χ0v) is 27.2. The SMILES string of the molecule is CN(C)CCc1c[nH]c2cccc(OC3(OCCOCCN4CCN(C5=Nc6ccccc6Sc6ccccc65)CC4)CC3)c12. The van der Waals surface area contributed by atoms with Gasteiger partial charge in [0, 0.05) is 84.6 Å². The van der Waals surface area contributed by atoms with E-state index in [1.165, 1.54) is 26.3 Å². The Labute approximate surface area is 270 Å². The number of aromatic amines is 1. The molecule has 7 rings (SSSR count). The fourth-order valence-corrected chi connectivity index (χ4v) is 7.12. The van der Waals surface area contributed by atoms with Gasteiger partial charge >= 0.3 is 0 Å². The van der Waals surface area contributed by atoms with Crippen molar-refractivity contribution in [1.29, 1.82) is 0 Å². The van der Waals surface area contributed by atoms with E-state index in [2.05, 4.69) is 101 Å². The average molecular weight is 626 g/mol. The molecular formula is C36H43N5O3S. The van der Waals surface area contributed by atoms with E-state index in [4.69, 9.17) is 19.2 Å². The first-order chi connectivity index (χ1) is 22.1. The summed E-state index contributed by atoms with van der Waals surface area (Å²) in [6.07, 6.45) is 4.90. The van der Waals surface area contributed by atoms with Crippen LogP contribution in [0, 0.1) is 0 Å². The molecule has 0 bridgehead atoms. The van der Waals surface area contributed by atoms with Crippen LogP contribution >= 0.6 is 11.8 Å². The second kappa shape index (κ2) is 13.6. The van der Waals surface area contributed by atoms with E-state index in [9.17, 15) is 0 Å². The van der Waals surface area contributed by atoms with Gasteiger partial charge in [0.05, 0.1) is 25.5 Å². The highest BCUT2D eigenvalue weighted by Crippen LogP contribution is 2.44. The van der Waals surface area contributed by atoms with Crippen LogP contribution in [0.25, 0.3) is 10.9 Å². The van der Waals surface area contributed by atoms with Gasteiger partial charge in [-0.25, -0.2) is 4.99 Å². The summed E-state index contributed by atoms with van der Waals surface area (Å²) in [6, 6.07) is 23.3. The van der Waals surface area contributed by atoms with Crippen LogP contribution in [0.15, 0.2) is 87.7 Å². The molecule has 9 heteroatoms. The molecule has 236 valence electrons. The number of hydrogen-bond acceptors (Lipinski definition) is 8. The number of benzene rings is 3. The Morgan fingerprint density at radius 3 is 2.51 bits per heavy atom. The standard InChI is InChI=1S/C36H43N5O3S/c1-39(2)17-14-27-26-37-30-10-7-11-31(34(27)30)44-36(15-16-36)43-25-24-42-23-22-40-18-20-41(21-19-40)35-28-8-3-5-12-32(28)45-33-13-6-4-9-29(33)38-35/h3-13,26,37H,14-25H2,1-2H3. The van der Waals surface area contributed by atoms with E-state index < -0.39 is 5.79 Å². The monoisotopic (exact) mass is 625 g/mol. The van der Waals surface area contributed by atoms with Gasteiger partial charge in [-0.05, 0) is 56.4 Å². The predicted octanol–water partition coefficient (Wildman–Crippen LogP) is 6.03. The number of nitrogens with zero attached hydrogens (tertiary/aromatic N) is 4. The second-order valence-electron chi connectivity index (χ2n) is 12.3. The highest BCUT2D eigenvalue weighted by atomic mass is 32.2. The molecule has 2 fully saturated rings. The molecule has 0 amide bonds. The van der Waals surface area contributed by atoms with Crippen LogP contribution in [-0.2, 0) is 15.9 Å². The third kappa shape index (κ3) is 7.08. The van der Waals surface area contributed by atoms with E-state index in [0.717, 1.165) is 81.3 Å². The van der Waals surface area contributed by atoms with Gasteiger partial charge in [-0.3, -0.25) is 4.90 Å². The molecule has 2 aliphatic heterocycles. The lowest BCUT2D eigenvalue weighted by molar-refractivity contribution is -0.117. The van der Waals surface area contributed by atoms with E-state index in [1.807, 2.05) is 17.8 Å². The summed E-state index contributed by atoms with van der Waals surface area (Å²) in [5.41, 5.74) is 4.67. The number of nitrogens with one attached hydrogen (secondary N) is 1. The van der Waals surface area contributed by atoms with E-state index >= 15 is 0 Å². The molecule has 1 N–H and O–H groups in total. The quantitative estimate of drug-likeness (QED) is 0.152. The highest BCUT2D eigenvalue weighted by molar-refractivity contribution is 7.99. The molecule has 3 aromatic carbocycles. The maximum absolute atomic E-state index is 6.51. The molecule has 1 saturated carbocycles. The first-order valence-corrected chi connectivity index (χ1v) is 17.0. The maximum Gasteiger partial charge on any atom is 0.211 e. The third-order valence-corrected chi connectivity index (χ3v) is 9.93. The average Bonchev–Trinajstić information content (AvgIpc) is 3.73. The second-order valence-corrected chi connectivity index (χ2v) is 13.4. The van der Waals surface area contributed by atoms with Gasteiger partial charge < -0.3 is 29.0 Å². The van der Waals surface area contributed by atoms with Crippen LogP contribution in [0.1, 0.15) is 24.0 Å². The van der Waals surface area contributed by atoms with Crippen molar-refractivity contribution in [3.05, 3.63) is 84.1 Å². The lowest BCUT2D eigenvalue weighted by Crippen LogP contribution is -2.49. The van der Waals surface area contributed by atoms with Crippen molar-refractivity contribution in [3.63, 3.8) is 0 Å². The Bertz CT molecular complexity index is 1640. The number of rotatable bonds is 12. The number of amidine groups is 1. The normalized spacial score (nSPS) is 17.6. The summed E-state index contributed by atoms with van der Waals surface area (Å²) in [6.45, 7) is 7.60. The highest BCUT2D eigenvalue weighted by Gasteiger charge is 2.47. The summed E-state index contributed by atoms with van der Waals surface area (Å²) in [5.74, 6) is 1.47. The van der Waals surface area contributed by atoms with Gasteiger partial charge in [0.2, 0.25) is 5.79 Å². The number of ether oxygens (including phenoxy) is 3. The van der Waals surface area contributed by atoms with Crippen molar-refractivity contribution in [1.82, 2.24) is 19.7 Å². The number of aromatic nitrogens is 1. The van der Waals surface area contributed by atoms with Crippen molar-refractivity contribution in [3.8, 4) is 5.75 Å². The van der Waals surface area contributed by atoms with Gasteiger partial charge in [0.1, 0.15) is 11.6 Å². The molecule has 45 heavy (non-hydrogen) atoms. The van der Waals surface area contributed by atoms with Crippen molar-refractivity contribution in [2.75, 3.05) is 73.2 Å². The lowest BCUT2D eigenvalue weighted by atomic mass is 10.1. The van der Waals surface area contributed by atoms with Crippen molar-refractivity contribution >= 4 is 34.2 Å². The van der Waals surface area contributed by atoms with Crippen LogP contribution in [0.3, 0.4) is 0 Å². The fraction of sp³-hybridized carbons (Fsp3) is 0.417. The first-order valence-electron chi connectivity index (χ1n) is 16.1. The number of fused-ring (bicyclic) bond motifs is 3. The van der Waals surface area contributed by atoms with E-state index in [-0.39, 0.29) is 0 Å². The van der Waals surface area contributed by atoms with Gasteiger partial charge in [0.15, 0.2) is 0 Å². The summed E-state index contributed by atoms with van der Waals surface area (Å²) in [4.78, 5) is 18.2. The van der Waals surface area contributed by atoms with Gasteiger partial charge in [-0.15, -0.1) is 0 Å². The Balaban J connectivity index is 0.861. The number of para-hydroxylation sites is 1. The summed E-state index contributed by atoms with van der Waals surface area (Å²) in [5, 5.41) is 1.17. The molecule has 8 nitrogen and oxygen atoms in total. The molecule has 4 aromatic rings. The molecule has 0 atom stereocenters. The summed E-state index contributed by atoms with van der Waals surface area (Å²) in [7, 11) is 4.21. The van der Waals surface area contributed by atoms with Crippen LogP contribution in [0.4, 0.5) is 5.69 Å². The fourth-order valence-electron chi connectivity index (χ4n) is 6.10. The minimum atomic E-state index is -0.525.